The molecular weight excluding hydrogens is 252 g/mol. The second-order valence-corrected chi connectivity index (χ2v) is 5.64. The summed E-state index contributed by atoms with van der Waals surface area (Å²) in [6.07, 6.45) is 1.99. The van der Waals surface area contributed by atoms with Gasteiger partial charge >= 0.3 is 0 Å². The Morgan fingerprint density at radius 3 is 2.90 bits per heavy atom. The third kappa shape index (κ3) is 3.44. The van der Waals surface area contributed by atoms with Gasteiger partial charge in [0.05, 0.1) is 0 Å². The van der Waals surface area contributed by atoms with Crippen molar-refractivity contribution < 1.29 is 10.2 Å². The van der Waals surface area contributed by atoms with Crippen LogP contribution in [0, 0.1) is 5.92 Å². The quantitative estimate of drug-likeness (QED) is 0.747. The van der Waals surface area contributed by atoms with Gasteiger partial charge in [-0.2, -0.15) is 0 Å². The Hall–Kier alpha value is -1.26. The number of nitrogens with one attached hydrogen (secondary N) is 1. The van der Waals surface area contributed by atoms with E-state index in [2.05, 4.69) is 30.1 Å². The van der Waals surface area contributed by atoms with Gasteiger partial charge in [-0.1, -0.05) is 13.0 Å². The van der Waals surface area contributed by atoms with E-state index in [1.807, 2.05) is 12.1 Å². The molecule has 4 heteroatoms. The third-order valence-electron chi connectivity index (χ3n) is 4.18. The first kappa shape index (κ1) is 15.1. The molecule has 4 nitrogen and oxygen atoms in total. The number of hydrogen-bond donors (Lipinski definition) is 3. The van der Waals surface area contributed by atoms with Crippen LogP contribution in [0.5, 0.6) is 5.75 Å². The average Bonchev–Trinajstić information content (AvgIpc) is 2.88. The number of rotatable bonds is 6. The zero-order chi connectivity index (χ0) is 14.5. The highest BCUT2D eigenvalue weighted by molar-refractivity contribution is 5.54. The zero-order valence-electron chi connectivity index (χ0n) is 12.5. The van der Waals surface area contributed by atoms with Crippen LogP contribution in [0.15, 0.2) is 18.2 Å². The van der Waals surface area contributed by atoms with Crippen LogP contribution >= 0.6 is 0 Å². The fourth-order valence-electron chi connectivity index (χ4n) is 3.00. The molecular formula is C16H26N2O2. The van der Waals surface area contributed by atoms with Crippen LogP contribution in [0.3, 0.4) is 0 Å². The Morgan fingerprint density at radius 1 is 1.45 bits per heavy atom. The first-order valence-corrected chi connectivity index (χ1v) is 7.57. The lowest BCUT2D eigenvalue weighted by atomic mass is 10.1. The maximum Gasteiger partial charge on any atom is 0.122 e. The minimum absolute atomic E-state index is 0.162. The molecule has 1 aromatic carbocycles. The second kappa shape index (κ2) is 6.95. The number of aliphatic hydroxyl groups is 1. The number of nitrogens with zero attached hydrogens (tertiary/aromatic N) is 1. The number of phenols is 1. The summed E-state index contributed by atoms with van der Waals surface area (Å²) in [4.78, 5) is 2.29. The second-order valence-electron chi connectivity index (χ2n) is 5.64. The van der Waals surface area contributed by atoms with Gasteiger partial charge in [-0.3, -0.25) is 0 Å². The summed E-state index contributed by atoms with van der Waals surface area (Å²) in [5, 5.41) is 22.5. The van der Waals surface area contributed by atoms with Crippen molar-refractivity contribution in [1.29, 1.82) is 0 Å². The van der Waals surface area contributed by atoms with Crippen LogP contribution < -0.4 is 10.2 Å². The van der Waals surface area contributed by atoms with E-state index in [9.17, 15) is 5.11 Å². The molecule has 0 spiro atoms. The van der Waals surface area contributed by atoms with Gasteiger partial charge in [-0.05, 0) is 38.3 Å². The van der Waals surface area contributed by atoms with Crippen molar-refractivity contribution in [1.82, 2.24) is 5.32 Å². The number of phenolic OH excluding ortho intramolecular Hbond substituents is 1. The molecule has 2 atom stereocenters. The maximum atomic E-state index is 10.2. The summed E-state index contributed by atoms with van der Waals surface area (Å²) in [7, 11) is 0. The van der Waals surface area contributed by atoms with Gasteiger partial charge in [-0.15, -0.1) is 0 Å². The predicted octanol–water partition coefficient (Wildman–Crippen LogP) is 2.27. The number of aromatic hydroxyl groups is 1. The Bertz CT molecular complexity index is 436. The molecule has 0 bridgehead atoms. The summed E-state index contributed by atoms with van der Waals surface area (Å²) >= 11 is 0. The van der Waals surface area contributed by atoms with Crippen molar-refractivity contribution in [3.05, 3.63) is 23.8 Å². The highest BCUT2D eigenvalue weighted by Gasteiger charge is 2.23. The molecule has 2 unspecified atom stereocenters. The molecule has 20 heavy (non-hydrogen) atoms. The summed E-state index contributed by atoms with van der Waals surface area (Å²) in [5.74, 6) is 0.934. The molecule has 1 fully saturated rings. The standard InChI is InChI=1S/C16H26N2O2/c1-3-17-12(2)15-5-4-14(10-16(15)20)18-8-6-13(11-18)7-9-19/h4-5,10,12-13,17,19-20H,3,6-9,11H2,1-2H3. The van der Waals surface area contributed by atoms with Crippen LogP contribution in [0.2, 0.25) is 0 Å². The van der Waals surface area contributed by atoms with Crippen molar-refractivity contribution in [3.63, 3.8) is 0 Å². The molecule has 1 heterocycles. The Morgan fingerprint density at radius 2 is 2.25 bits per heavy atom. The Balaban J connectivity index is 2.06. The summed E-state index contributed by atoms with van der Waals surface area (Å²) in [6.45, 7) is 7.26. The van der Waals surface area contributed by atoms with Crippen LogP contribution in [-0.4, -0.2) is 36.5 Å². The highest BCUT2D eigenvalue weighted by atomic mass is 16.3. The van der Waals surface area contributed by atoms with Gasteiger partial charge in [0.1, 0.15) is 5.75 Å². The van der Waals surface area contributed by atoms with Gasteiger partial charge in [0.15, 0.2) is 0 Å². The molecule has 1 aliphatic rings. The first-order chi connectivity index (χ1) is 9.65. The SMILES string of the molecule is CCNC(C)c1ccc(N2CCC(CCO)C2)cc1O. The van der Waals surface area contributed by atoms with E-state index >= 15 is 0 Å². The number of benzene rings is 1. The van der Waals surface area contributed by atoms with Crippen molar-refractivity contribution in [3.8, 4) is 5.75 Å². The first-order valence-electron chi connectivity index (χ1n) is 7.57. The van der Waals surface area contributed by atoms with Gasteiger partial charge in [0.25, 0.3) is 0 Å². The monoisotopic (exact) mass is 278 g/mol. The van der Waals surface area contributed by atoms with Crippen LogP contribution in [0.4, 0.5) is 5.69 Å². The fraction of sp³-hybridized carbons (Fsp3) is 0.625. The van der Waals surface area contributed by atoms with Crippen LogP contribution in [0.25, 0.3) is 0 Å². The molecule has 0 aliphatic carbocycles. The lowest BCUT2D eigenvalue weighted by Gasteiger charge is -2.21. The smallest absolute Gasteiger partial charge is 0.122 e. The molecule has 0 saturated carbocycles. The van der Waals surface area contributed by atoms with Crippen LogP contribution in [0.1, 0.15) is 38.3 Å². The normalized spacial score (nSPS) is 20.4. The molecule has 1 aliphatic heterocycles. The van der Waals surface area contributed by atoms with Crippen LogP contribution in [-0.2, 0) is 0 Å². The topological polar surface area (TPSA) is 55.7 Å². The predicted molar refractivity (Wildman–Crippen MR) is 82.2 cm³/mol. The van der Waals surface area contributed by atoms with Gasteiger partial charge in [0, 0.05) is 43.1 Å². The number of hydrogen-bond acceptors (Lipinski definition) is 4. The van der Waals surface area contributed by atoms with E-state index in [1.54, 1.807) is 0 Å². The minimum atomic E-state index is 0.162. The lowest BCUT2D eigenvalue weighted by molar-refractivity contribution is 0.263. The Kier molecular flexibility index (Phi) is 5.26. The van der Waals surface area contributed by atoms with Gasteiger partial charge in [0.2, 0.25) is 0 Å². The fourth-order valence-corrected chi connectivity index (χ4v) is 3.00. The highest BCUT2D eigenvalue weighted by Crippen LogP contribution is 2.32. The van der Waals surface area contributed by atoms with E-state index in [4.69, 9.17) is 5.11 Å². The van der Waals surface area contributed by atoms with E-state index in [0.29, 0.717) is 11.7 Å². The third-order valence-corrected chi connectivity index (χ3v) is 4.18. The average molecular weight is 278 g/mol. The lowest BCUT2D eigenvalue weighted by Crippen LogP contribution is -2.21. The van der Waals surface area contributed by atoms with Gasteiger partial charge in [-0.25, -0.2) is 0 Å². The number of aliphatic hydroxyl groups excluding tert-OH is 1. The van der Waals surface area contributed by atoms with E-state index in [-0.39, 0.29) is 12.6 Å². The number of anilines is 1. The molecule has 1 saturated heterocycles. The molecule has 1 aromatic rings. The van der Waals surface area contributed by atoms with Crippen molar-refractivity contribution in [2.75, 3.05) is 31.1 Å². The van der Waals surface area contributed by atoms with Crippen molar-refractivity contribution >= 4 is 5.69 Å². The minimum Gasteiger partial charge on any atom is -0.508 e. The maximum absolute atomic E-state index is 10.2. The summed E-state index contributed by atoms with van der Waals surface area (Å²) < 4.78 is 0. The molecule has 2 rings (SSSR count). The molecule has 0 radical (unpaired) electrons. The van der Waals surface area contributed by atoms with E-state index in [1.165, 1.54) is 0 Å². The van der Waals surface area contributed by atoms with Crippen molar-refractivity contribution in [2.45, 2.75) is 32.7 Å². The largest absolute Gasteiger partial charge is 0.508 e. The summed E-state index contributed by atoms with van der Waals surface area (Å²) in [5.41, 5.74) is 2.03. The Labute approximate surface area is 121 Å². The van der Waals surface area contributed by atoms with E-state index in [0.717, 1.165) is 43.7 Å². The molecule has 0 aromatic heterocycles. The molecule has 0 amide bonds. The van der Waals surface area contributed by atoms with Gasteiger partial charge < -0.3 is 20.4 Å². The zero-order valence-corrected chi connectivity index (χ0v) is 12.5. The molecule has 3 N–H and O–H groups in total. The molecule has 112 valence electrons. The van der Waals surface area contributed by atoms with Crippen molar-refractivity contribution in [2.24, 2.45) is 5.92 Å². The summed E-state index contributed by atoms with van der Waals surface area (Å²) in [6, 6.07) is 6.13. The van der Waals surface area contributed by atoms with E-state index < -0.39 is 0 Å².